The summed E-state index contributed by atoms with van der Waals surface area (Å²) in [6, 6.07) is 5.77. The first kappa shape index (κ1) is 12.4. The maximum atomic E-state index is 11.6. The number of nitrogens with zero attached hydrogens (tertiary/aromatic N) is 1. The number of rotatable bonds is 3. The van der Waals surface area contributed by atoms with Crippen LogP contribution in [0.4, 0.5) is 10.5 Å². The lowest BCUT2D eigenvalue weighted by Gasteiger charge is -2.11. The molecule has 1 aliphatic heterocycles. The maximum absolute atomic E-state index is 11.6. The minimum atomic E-state index is -1.26. The third kappa shape index (κ3) is 2.30. The lowest BCUT2D eigenvalue weighted by molar-refractivity contribution is -0.255. The Morgan fingerprint density at radius 3 is 2.39 bits per heavy atom. The van der Waals surface area contributed by atoms with Gasteiger partial charge in [-0.25, -0.2) is 0 Å². The van der Waals surface area contributed by atoms with E-state index < -0.39 is 11.3 Å². The molecule has 0 aliphatic carbocycles. The lowest BCUT2D eigenvalue weighted by Crippen LogP contribution is -2.31. The Hall–Kier alpha value is -2.02. The van der Waals surface area contributed by atoms with Crippen LogP contribution in [0.15, 0.2) is 24.3 Å². The fourth-order valence-electron chi connectivity index (χ4n) is 1.44. The molecule has 6 nitrogen and oxygen atoms in total. The molecular formula is C11H9N2O4S-. The van der Waals surface area contributed by atoms with Crippen LogP contribution in [0.3, 0.4) is 0 Å². The fourth-order valence-corrected chi connectivity index (χ4v) is 2.34. The molecule has 18 heavy (non-hydrogen) atoms. The van der Waals surface area contributed by atoms with Crippen LogP contribution in [-0.4, -0.2) is 34.4 Å². The molecule has 1 fully saturated rings. The number of imide groups is 1. The van der Waals surface area contributed by atoms with Gasteiger partial charge in [0.15, 0.2) is 5.37 Å². The number of amides is 2. The van der Waals surface area contributed by atoms with Crippen molar-refractivity contribution in [2.75, 3.05) is 12.4 Å². The number of thioether (sulfide) groups is 1. The van der Waals surface area contributed by atoms with Crippen LogP contribution in [0.1, 0.15) is 10.4 Å². The number of anilines is 1. The molecule has 0 radical (unpaired) electrons. The topological polar surface area (TPSA) is 89.5 Å². The average molecular weight is 265 g/mol. The summed E-state index contributed by atoms with van der Waals surface area (Å²) in [5, 5.41) is 12.4. The second kappa shape index (κ2) is 4.69. The summed E-state index contributed by atoms with van der Waals surface area (Å²) in [6.07, 6.45) is 0. The Bertz CT molecular complexity index is 514. The molecule has 0 spiro atoms. The molecule has 7 heteroatoms. The molecule has 0 aromatic heterocycles. The lowest BCUT2D eigenvalue weighted by atomic mass is 10.2. The minimum absolute atomic E-state index is 0.0548. The Kier molecular flexibility index (Phi) is 3.24. The first-order valence-electron chi connectivity index (χ1n) is 5.05. The highest BCUT2D eigenvalue weighted by atomic mass is 32.2. The van der Waals surface area contributed by atoms with E-state index in [0.29, 0.717) is 5.69 Å². The largest absolute Gasteiger partial charge is 0.545 e. The van der Waals surface area contributed by atoms with E-state index in [1.54, 1.807) is 0 Å². The van der Waals surface area contributed by atoms with Gasteiger partial charge in [-0.05, 0) is 29.5 Å². The van der Waals surface area contributed by atoms with Gasteiger partial charge >= 0.3 is 0 Å². The number of carboxylic acids is 1. The number of carbonyl (C=O) groups is 3. The Labute approximate surface area is 107 Å². The molecule has 1 heterocycles. The van der Waals surface area contributed by atoms with Crippen molar-refractivity contribution in [2.45, 2.75) is 5.37 Å². The van der Waals surface area contributed by atoms with Gasteiger partial charge in [0.1, 0.15) is 0 Å². The van der Waals surface area contributed by atoms with Crippen LogP contribution >= 0.6 is 11.8 Å². The zero-order valence-corrected chi connectivity index (χ0v) is 10.2. The van der Waals surface area contributed by atoms with Crippen molar-refractivity contribution in [1.82, 2.24) is 4.90 Å². The van der Waals surface area contributed by atoms with Crippen LogP contribution in [0.25, 0.3) is 0 Å². The summed E-state index contributed by atoms with van der Waals surface area (Å²) in [7, 11) is 1.42. The number of nitrogens with one attached hydrogen (secondary N) is 1. The number of benzene rings is 1. The van der Waals surface area contributed by atoms with Crippen molar-refractivity contribution in [2.24, 2.45) is 0 Å². The van der Waals surface area contributed by atoms with Gasteiger partial charge < -0.3 is 15.2 Å². The molecule has 1 aromatic rings. The predicted octanol–water partition coefficient (Wildman–Crippen LogP) is 0.113. The Morgan fingerprint density at radius 2 is 1.94 bits per heavy atom. The van der Waals surface area contributed by atoms with E-state index in [-0.39, 0.29) is 16.7 Å². The zero-order valence-electron chi connectivity index (χ0n) is 9.38. The van der Waals surface area contributed by atoms with Crippen LogP contribution in [-0.2, 0) is 4.79 Å². The molecular weight excluding hydrogens is 256 g/mol. The third-order valence-corrected chi connectivity index (χ3v) is 3.50. The molecule has 2 amide bonds. The summed E-state index contributed by atoms with van der Waals surface area (Å²) in [5.41, 5.74) is 0.619. The number of carbonyl (C=O) groups excluding carboxylic acids is 3. The van der Waals surface area contributed by atoms with Gasteiger partial charge in [0, 0.05) is 12.7 Å². The highest BCUT2D eigenvalue weighted by Gasteiger charge is 2.36. The van der Waals surface area contributed by atoms with Crippen LogP contribution in [0, 0.1) is 0 Å². The van der Waals surface area contributed by atoms with Crippen molar-refractivity contribution in [3.05, 3.63) is 29.8 Å². The normalized spacial score (nSPS) is 19.2. The molecule has 94 valence electrons. The second-order valence-corrected chi connectivity index (χ2v) is 4.73. The van der Waals surface area contributed by atoms with Crippen molar-refractivity contribution in [3.63, 3.8) is 0 Å². The van der Waals surface area contributed by atoms with E-state index in [1.807, 2.05) is 0 Å². The SMILES string of the molecule is CN1C(=O)S[C@H](Nc2ccc(C(=O)[O-])cc2)C1=O. The first-order chi connectivity index (χ1) is 8.49. The van der Waals surface area contributed by atoms with Crippen LogP contribution in [0.5, 0.6) is 0 Å². The molecule has 2 rings (SSSR count). The van der Waals surface area contributed by atoms with Crippen molar-refractivity contribution >= 4 is 34.6 Å². The highest BCUT2D eigenvalue weighted by molar-refractivity contribution is 8.15. The maximum Gasteiger partial charge on any atom is 0.290 e. The number of hydrogen-bond donors (Lipinski definition) is 1. The summed E-state index contributed by atoms with van der Waals surface area (Å²) in [4.78, 5) is 34.5. The molecule has 0 unspecified atom stereocenters. The summed E-state index contributed by atoms with van der Waals surface area (Å²) >= 11 is 0.885. The monoisotopic (exact) mass is 265 g/mol. The van der Waals surface area contributed by atoms with Crippen molar-refractivity contribution in [3.8, 4) is 0 Å². The van der Waals surface area contributed by atoms with Crippen molar-refractivity contribution < 1.29 is 19.5 Å². The highest BCUT2D eigenvalue weighted by Crippen LogP contribution is 2.26. The summed E-state index contributed by atoms with van der Waals surface area (Å²) in [6.45, 7) is 0. The zero-order chi connectivity index (χ0) is 13.3. The Morgan fingerprint density at radius 1 is 1.33 bits per heavy atom. The van der Waals surface area contributed by atoms with E-state index in [9.17, 15) is 19.5 Å². The van der Waals surface area contributed by atoms with Crippen molar-refractivity contribution in [1.29, 1.82) is 0 Å². The number of hydrogen-bond acceptors (Lipinski definition) is 6. The standard InChI is InChI=1S/C11H10N2O4S/c1-13-9(14)8(18-11(13)17)12-7-4-2-6(3-5-7)10(15)16/h2-5,8,12H,1H3,(H,15,16)/p-1/t8-/m0/s1. The van der Waals surface area contributed by atoms with Crippen LogP contribution < -0.4 is 10.4 Å². The number of carboxylic acid groups (broad SMARTS) is 1. The summed E-state index contributed by atoms with van der Waals surface area (Å²) < 4.78 is 0. The molecule has 1 N–H and O–H groups in total. The molecule has 0 bridgehead atoms. The molecule has 1 aliphatic rings. The van der Waals surface area contributed by atoms with Gasteiger partial charge in [0.05, 0.1) is 5.97 Å². The van der Waals surface area contributed by atoms with E-state index >= 15 is 0 Å². The van der Waals surface area contributed by atoms with Crippen LogP contribution in [0.2, 0.25) is 0 Å². The van der Waals surface area contributed by atoms with Gasteiger partial charge in [-0.3, -0.25) is 14.5 Å². The fraction of sp³-hybridized carbons (Fsp3) is 0.182. The predicted molar refractivity (Wildman–Crippen MR) is 63.9 cm³/mol. The van der Waals surface area contributed by atoms with E-state index in [4.69, 9.17) is 0 Å². The average Bonchev–Trinajstić information content (AvgIpc) is 2.58. The number of aromatic carboxylic acids is 1. The smallest absolute Gasteiger partial charge is 0.290 e. The second-order valence-electron chi connectivity index (χ2n) is 3.67. The van der Waals surface area contributed by atoms with Gasteiger partial charge in [-0.2, -0.15) is 0 Å². The number of likely N-dealkylation sites (N-methyl/N-ethyl adjacent to an activating group) is 1. The van der Waals surface area contributed by atoms with E-state index in [2.05, 4.69) is 5.32 Å². The Balaban J connectivity index is 2.08. The molecule has 1 aromatic carbocycles. The van der Waals surface area contributed by atoms with Gasteiger partial charge in [0.25, 0.3) is 11.1 Å². The first-order valence-corrected chi connectivity index (χ1v) is 5.93. The van der Waals surface area contributed by atoms with E-state index in [0.717, 1.165) is 16.7 Å². The van der Waals surface area contributed by atoms with E-state index in [1.165, 1.54) is 31.3 Å². The molecule has 1 saturated heterocycles. The molecule has 0 saturated carbocycles. The van der Waals surface area contributed by atoms with Gasteiger partial charge in [-0.1, -0.05) is 12.1 Å². The van der Waals surface area contributed by atoms with Gasteiger partial charge in [-0.15, -0.1) is 0 Å². The minimum Gasteiger partial charge on any atom is -0.545 e. The summed E-state index contributed by atoms with van der Waals surface area (Å²) in [5.74, 6) is -1.59. The third-order valence-electron chi connectivity index (χ3n) is 2.47. The van der Waals surface area contributed by atoms with Gasteiger partial charge in [0.2, 0.25) is 0 Å². The molecule has 1 atom stereocenters. The quantitative estimate of drug-likeness (QED) is 0.834.